The van der Waals surface area contributed by atoms with Gasteiger partial charge in [0.25, 0.3) is 5.91 Å². The highest BCUT2D eigenvalue weighted by atomic mass is 16.5. The van der Waals surface area contributed by atoms with E-state index in [-0.39, 0.29) is 24.0 Å². The summed E-state index contributed by atoms with van der Waals surface area (Å²) < 4.78 is 10.8. The zero-order valence-electron chi connectivity index (χ0n) is 18.4. The fourth-order valence-corrected chi connectivity index (χ4v) is 4.46. The van der Waals surface area contributed by atoms with E-state index in [0.29, 0.717) is 12.5 Å². The summed E-state index contributed by atoms with van der Waals surface area (Å²) in [6, 6.07) is 17.5. The van der Waals surface area contributed by atoms with Crippen molar-refractivity contribution in [1.82, 2.24) is 4.90 Å². The number of hydrogen-bond acceptors (Lipinski definition) is 5. The van der Waals surface area contributed by atoms with Crippen molar-refractivity contribution in [3.63, 3.8) is 0 Å². The summed E-state index contributed by atoms with van der Waals surface area (Å²) in [5.74, 6) is -1.58. The standard InChI is InChI=1S/C26H24N2O6/c29-23(30)14-28(13-16-9-10-16)25(31)24-22(11-12-33-24)27-26(32)34-15-21-19-7-3-1-5-17(19)18-6-2-4-8-20(18)21/h1-8,11-12,16,21H,9-10,13-15H2,(H,27,32)(H,29,30). The number of carboxylic acids is 1. The lowest BCUT2D eigenvalue weighted by Crippen LogP contribution is -2.37. The van der Waals surface area contributed by atoms with Gasteiger partial charge in [-0.2, -0.15) is 0 Å². The second-order valence-electron chi connectivity index (χ2n) is 8.64. The van der Waals surface area contributed by atoms with Crippen molar-refractivity contribution >= 4 is 23.7 Å². The van der Waals surface area contributed by atoms with E-state index in [9.17, 15) is 19.5 Å². The van der Waals surface area contributed by atoms with Gasteiger partial charge in [0.1, 0.15) is 13.2 Å². The average molecular weight is 460 g/mol. The Morgan fingerprint density at radius 3 is 2.26 bits per heavy atom. The molecule has 0 saturated heterocycles. The Balaban J connectivity index is 1.26. The number of nitrogens with one attached hydrogen (secondary N) is 1. The number of carbonyl (C=O) groups is 3. The predicted molar refractivity (Wildman–Crippen MR) is 124 cm³/mol. The van der Waals surface area contributed by atoms with Gasteiger partial charge in [-0.15, -0.1) is 0 Å². The van der Waals surface area contributed by atoms with E-state index in [1.807, 2.05) is 36.4 Å². The lowest BCUT2D eigenvalue weighted by atomic mass is 9.98. The van der Waals surface area contributed by atoms with Crippen LogP contribution in [0, 0.1) is 5.92 Å². The van der Waals surface area contributed by atoms with Gasteiger partial charge in [0.15, 0.2) is 0 Å². The van der Waals surface area contributed by atoms with Crippen molar-refractivity contribution in [1.29, 1.82) is 0 Å². The first-order valence-electron chi connectivity index (χ1n) is 11.2. The molecule has 1 fully saturated rings. The normalized spacial score (nSPS) is 14.2. The molecule has 0 radical (unpaired) electrons. The van der Waals surface area contributed by atoms with Crippen LogP contribution in [-0.2, 0) is 9.53 Å². The molecule has 1 aromatic heterocycles. The SMILES string of the molecule is O=C(O)CN(CC1CC1)C(=O)c1occc1NC(=O)OCC1c2ccccc2-c2ccccc21. The fraction of sp³-hybridized carbons (Fsp3) is 0.269. The molecule has 0 atom stereocenters. The van der Waals surface area contributed by atoms with Crippen LogP contribution in [-0.4, -0.2) is 47.7 Å². The molecule has 0 bridgehead atoms. The Morgan fingerprint density at radius 1 is 1.00 bits per heavy atom. The number of anilines is 1. The molecule has 8 nitrogen and oxygen atoms in total. The van der Waals surface area contributed by atoms with Crippen molar-refractivity contribution < 1.29 is 28.6 Å². The predicted octanol–water partition coefficient (Wildman–Crippen LogP) is 4.58. The maximum absolute atomic E-state index is 12.9. The second kappa shape index (κ2) is 9.05. The first-order chi connectivity index (χ1) is 16.5. The third-order valence-electron chi connectivity index (χ3n) is 6.23. The van der Waals surface area contributed by atoms with Crippen LogP contribution in [0.1, 0.15) is 40.4 Å². The van der Waals surface area contributed by atoms with Crippen molar-refractivity contribution in [3.05, 3.63) is 77.7 Å². The van der Waals surface area contributed by atoms with Crippen LogP contribution in [0.15, 0.2) is 65.3 Å². The summed E-state index contributed by atoms with van der Waals surface area (Å²) >= 11 is 0. The zero-order valence-corrected chi connectivity index (χ0v) is 18.4. The van der Waals surface area contributed by atoms with Gasteiger partial charge in [0.2, 0.25) is 5.76 Å². The van der Waals surface area contributed by atoms with Crippen molar-refractivity contribution in [3.8, 4) is 11.1 Å². The van der Waals surface area contributed by atoms with Crippen LogP contribution < -0.4 is 5.32 Å². The molecule has 0 spiro atoms. The average Bonchev–Trinajstić information content (AvgIpc) is 3.43. The number of amides is 2. The molecule has 1 heterocycles. The van der Waals surface area contributed by atoms with Gasteiger partial charge in [-0.25, -0.2) is 4.79 Å². The largest absolute Gasteiger partial charge is 0.480 e. The molecule has 2 aliphatic carbocycles. The van der Waals surface area contributed by atoms with E-state index in [4.69, 9.17) is 9.15 Å². The number of carboxylic acid groups (broad SMARTS) is 1. The lowest BCUT2D eigenvalue weighted by molar-refractivity contribution is -0.137. The van der Waals surface area contributed by atoms with Crippen LogP contribution in [0.5, 0.6) is 0 Å². The quantitative estimate of drug-likeness (QED) is 0.509. The summed E-state index contributed by atoms with van der Waals surface area (Å²) in [4.78, 5) is 38.0. The van der Waals surface area contributed by atoms with E-state index in [1.54, 1.807) is 0 Å². The molecule has 5 rings (SSSR count). The molecule has 2 amide bonds. The highest BCUT2D eigenvalue weighted by Crippen LogP contribution is 2.44. The molecule has 174 valence electrons. The van der Waals surface area contributed by atoms with Gasteiger partial charge in [0, 0.05) is 18.5 Å². The molecule has 2 N–H and O–H groups in total. The molecule has 1 saturated carbocycles. The van der Waals surface area contributed by atoms with Gasteiger partial charge in [-0.3, -0.25) is 14.9 Å². The monoisotopic (exact) mass is 460 g/mol. The van der Waals surface area contributed by atoms with Crippen molar-refractivity contribution in [2.24, 2.45) is 5.92 Å². The molecular weight excluding hydrogens is 436 g/mol. The van der Waals surface area contributed by atoms with Crippen LogP contribution in [0.3, 0.4) is 0 Å². The van der Waals surface area contributed by atoms with Crippen LogP contribution >= 0.6 is 0 Å². The smallest absolute Gasteiger partial charge is 0.411 e. The summed E-state index contributed by atoms with van der Waals surface area (Å²) in [6.07, 6.45) is 2.49. The van der Waals surface area contributed by atoms with Crippen LogP contribution in [0.4, 0.5) is 10.5 Å². The molecule has 2 aromatic carbocycles. The minimum Gasteiger partial charge on any atom is -0.480 e. The second-order valence-corrected chi connectivity index (χ2v) is 8.64. The maximum atomic E-state index is 12.9. The first kappa shape index (κ1) is 21.8. The maximum Gasteiger partial charge on any atom is 0.411 e. The summed E-state index contributed by atoms with van der Waals surface area (Å²) in [7, 11) is 0. The highest BCUT2D eigenvalue weighted by molar-refractivity contribution is 6.01. The molecule has 34 heavy (non-hydrogen) atoms. The Bertz CT molecular complexity index is 1200. The van der Waals surface area contributed by atoms with Crippen LogP contribution in [0.2, 0.25) is 0 Å². The number of carbonyl (C=O) groups excluding carboxylic acids is 2. The zero-order chi connectivity index (χ0) is 23.7. The third kappa shape index (κ3) is 4.39. The number of rotatable bonds is 8. The van der Waals surface area contributed by atoms with Gasteiger partial charge in [-0.05, 0) is 41.0 Å². The number of furan rings is 1. The highest BCUT2D eigenvalue weighted by Gasteiger charge is 2.32. The summed E-state index contributed by atoms with van der Waals surface area (Å²) in [5.41, 5.74) is 4.60. The minimum atomic E-state index is -1.10. The Labute approximate surface area is 196 Å². The molecule has 0 unspecified atom stereocenters. The molecular formula is C26H24N2O6. The molecule has 3 aromatic rings. The number of nitrogens with zero attached hydrogens (tertiary/aromatic N) is 1. The van der Waals surface area contributed by atoms with E-state index in [0.717, 1.165) is 35.1 Å². The fourth-order valence-electron chi connectivity index (χ4n) is 4.46. The Kier molecular flexibility index (Phi) is 5.79. The lowest BCUT2D eigenvalue weighted by Gasteiger charge is -2.20. The third-order valence-corrected chi connectivity index (χ3v) is 6.23. The summed E-state index contributed by atoms with van der Waals surface area (Å²) in [6.45, 7) is 0.0461. The number of benzene rings is 2. The van der Waals surface area contributed by atoms with E-state index in [1.165, 1.54) is 17.2 Å². The topological polar surface area (TPSA) is 109 Å². The number of fused-ring (bicyclic) bond motifs is 3. The first-order valence-corrected chi connectivity index (χ1v) is 11.2. The number of aliphatic carboxylic acids is 1. The molecule has 2 aliphatic rings. The molecule has 0 aliphatic heterocycles. The Hall–Kier alpha value is -4.07. The minimum absolute atomic E-state index is 0.0896. The van der Waals surface area contributed by atoms with Crippen molar-refractivity contribution in [2.75, 3.05) is 25.0 Å². The molecule has 8 heteroatoms. The van der Waals surface area contributed by atoms with Crippen molar-refractivity contribution in [2.45, 2.75) is 18.8 Å². The van der Waals surface area contributed by atoms with E-state index >= 15 is 0 Å². The van der Waals surface area contributed by atoms with E-state index < -0.39 is 24.5 Å². The number of ether oxygens (including phenoxy) is 1. The summed E-state index contributed by atoms with van der Waals surface area (Å²) in [5, 5.41) is 11.7. The van der Waals surface area contributed by atoms with Gasteiger partial charge < -0.3 is 19.2 Å². The van der Waals surface area contributed by atoms with Gasteiger partial charge in [-0.1, -0.05) is 48.5 Å². The Morgan fingerprint density at radius 2 is 1.65 bits per heavy atom. The van der Waals surface area contributed by atoms with E-state index in [2.05, 4.69) is 17.4 Å². The van der Waals surface area contributed by atoms with Gasteiger partial charge in [0.05, 0.1) is 12.0 Å². The van der Waals surface area contributed by atoms with Crippen LogP contribution in [0.25, 0.3) is 11.1 Å². The van der Waals surface area contributed by atoms with Gasteiger partial charge >= 0.3 is 12.1 Å². The number of hydrogen-bond donors (Lipinski definition) is 2.